The Morgan fingerprint density at radius 3 is 2.64 bits per heavy atom. The van der Waals surface area contributed by atoms with Crippen LogP contribution in [0.4, 0.5) is 17.3 Å². The number of hydrogen-bond acceptors (Lipinski definition) is 6. The Kier molecular flexibility index (Phi) is 8.96. The first-order valence-electron chi connectivity index (χ1n) is 13.5. The van der Waals surface area contributed by atoms with Gasteiger partial charge in [0.25, 0.3) is 5.91 Å². The summed E-state index contributed by atoms with van der Waals surface area (Å²) in [5.74, 6) is 0.190. The number of likely N-dealkylation sites (N-methyl/N-ethyl adjacent to an activating group) is 1. The van der Waals surface area contributed by atoms with E-state index in [9.17, 15) is 4.79 Å². The van der Waals surface area contributed by atoms with Crippen LogP contribution in [0.2, 0.25) is 5.02 Å². The number of carbonyl (C=O) groups excluding carboxylic acids is 1. The number of rotatable bonds is 11. The number of nitrogens with zero attached hydrogens (tertiary/aromatic N) is 3. The molecule has 0 unspecified atom stereocenters. The molecule has 0 atom stereocenters. The molecule has 1 amide bonds. The van der Waals surface area contributed by atoms with Crippen molar-refractivity contribution < 1.29 is 4.79 Å². The minimum Gasteiger partial charge on any atom is -0.381 e. The lowest BCUT2D eigenvalue weighted by molar-refractivity contribution is 0.102. The maximum absolute atomic E-state index is 12.9. The Balaban J connectivity index is 1.21. The largest absolute Gasteiger partial charge is 0.381 e. The van der Waals surface area contributed by atoms with Crippen molar-refractivity contribution >= 4 is 45.7 Å². The van der Waals surface area contributed by atoms with Gasteiger partial charge in [0.15, 0.2) is 0 Å². The Bertz CT molecular complexity index is 1740. The third-order valence-corrected chi connectivity index (χ3v) is 6.77. The lowest BCUT2D eigenvalue weighted by Gasteiger charge is -2.11. The van der Waals surface area contributed by atoms with Gasteiger partial charge in [-0.3, -0.25) is 4.79 Å². The number of hydrogen-bond donors (Lipinski definition) is 4. The minimum absolute atomic E-state index is 0.202. The van der Waals surface area contributed by atoms with Crippen molar-refractivity contribution in [3.05, 3.63) is 126 Å². The fourth-order valence-corrected chi connectivity index (χ4v) is 4.54. The van der Waals surface area contributed by atoms with Gasteiger partial charge in [-0.15, -0.1) is 0 Å². The van der Waals surface area contributed by atoms with Gasteiger partial charge in [0, 0.05) is 58.4 Å². The molecule has 2 heterocycles. The van der Waals surface area contributed by atoms with Crippen LogP contribution in [0.1, 0.15) is 15.9 Å². The number of fused-ring (bicyclic) bond motifs is 1. The first kappa shape index (κ1) is 28.6. The zero-order valence-electron chi connectivity index (χ0n) is 23.5. The van der Waals surface area contributed by atoms with Crippen LogP contribution in [0.15, 0.2) is 110 Å². The zero-order chi connectivity index (χ0) is 29.5. The van der Waals surface area contributed by atoms with Crippen LogP contribution >= 0.6 is 11.6 Å². The van der Waals surface area contributed by atoms with Gasteiger partial charge in [-0.2, -0.15) is 0 Å². The smallest absolute Gasteiger partial charge is 0.255 e. The van der Waals surface area contributed by atoms with E-state index in [1.165, 1.54) is 0 Å². The standard InChI is InChI=1S/C33H32ClN7O/c1-22(8-7-17-41(2)3)35-19-23-13-15-24(16-14-23)32(42)38-25-9-6-10-26(18-25)39-33-37-21-29(34)31(40-33)28-20-36-30-12-5-4-11-27(28)30/h4-16,18,20-21,35-36H,1,17,19H2,2-3H3,(H,38,42)(H,37,39,40)/b8-7+. The highest BCUT2D eigenvalue weighted by Gasteiger charge is 2.13. The topological polar surface area (TPSA) is 98.0 Å². The van der Waals surface area contributed by atoms with Crippen LogP contribution in [-0.4, -0.2) is 46.4 Å². The molecular formula is C33H32ClN7O. The van der Waals surface area contributed by atoms with Crippen LogP contribution in [0.25, 0.3) is 22.2 Å². The van der Waals surface area contributed by atoms with E-state index in [-0.39, 0.29) is 5.91 Å². The van der Waals surface area contributed by atoms with E-state index in [1.54, 1.807) is 6.20 Å². The second-order valence-electron chi connectivity index (χ2n) is 10.0. The number of H-pyrrole nitrogens is 1. The Hall–Kier alpha value is -4.92. The fourth-order valence-electron chi connectivity index (χ4n) is 4.35. The molecule has 2 aromatic heterocycles. The number of amides is 1. The molecule has 5 aromatic rings. The molecule has 0 aliphatic carbocycles. The summed E-state index contributed by atoms with van der Waals surface area (Å²) in [6.45, 7) is 5.50. The van der Waals surface area contributed by atoms with Gasteiger partial charge in [-0.05, 0) is 62.1 Å². The van der Waals surface area contributed by atoms with Gasteiger partial charge >= 0.3 is 0 Å². The fraction of sp³-hybridized carbons (Fsp3) is 0.121. The molecule has 0 saturated carbocycles. The number of halogens is 1. The molecule has 0 radical (unpaired) electrons. The summed E-state index contributed by atoms with van der Waals surface area (Å²) in [7, 11) is 4.04. The minimum atomic E-state index is -0.202. The second-order valence-corrected chi connectivity index (χ2v) is 10.4. The molecule has 3 aromatic carbocycles. The third kappa shape index (κ3) is 7.23. The van der Waals surface area contributed by atoms with Crippen molar-refractivity contribution in [2.75, 3.05) is 31.3 Å². The molecule has 42 heavy (non-hydrogen) atoms. The van der Waals surface area contributed by atoms with Crippen LogP contribution in [-0.2, 0) is 6.54 Å². The molecule has 4 N–H and O–H groups in total. The van der Waals surface area contributed by atoms with Crippen molar-refractivity contribution in [1.29, 1.82) is 0 Å². The predicted octanol–water partition coefficient (Wildman–Crippen LogP) is 7.00. The molecule has 0 fully saturated rings. The summed E-state index contributed by atoms with van der Waals surface area (Å²) in [5, 5.41) is 10.9. The van der Waals surface area contributed by atoms with Gasteiger partial charge in [-0.1, -0.05) is 60.7 Å². The van der Waals surface area contributed by atoms with Crippen molar-refractivity contribution in [3.8, 4) is 11.3 Å². The third-order valence-electron chi connectivity index (χ3n) is 6.49. The number of allylic oxidation sites excluding steroid dienone is 1. The molecule has 212 valence electrons. The summed E-state index contributed by atoms with van der Waals surface area (Å²) in [6.07, 6.45) is 7.49. The van der Waals surface area contributed by atoms with E-state index in [1.807, 2.05) is 99.2 Å². The average molecular weight is 578 g/mol. The summed E-state index contributed by atoms with van der Waals surface area (Å²) < 4.78 is 0. The number of aromatic nitrogens is 3. The molecule has 0 saturated heterocycles. The van der Waals surface area contributed by atoms with E-state index in [2.05, 4.69) is 48.5 Å². The van der Waals surface area contributed by atoms with E-state index in [0.717, 1.165) is 40.0 Å². The molecule has 0 spiro atoms. The van der Waals surface area contributed by atoms with Crippen molar-refractivity contribution in [3.63, 3.8) is 0 Å². The molecular weight excluding hydrogens is 546 g/mol. The monoisotopic (exact) mass is 577 g/mol. The van der Waals surface area contributed by atoms with Gasteiger partial charge in [0.2, 0.25) is 5.95 Å². The molecule has 0 aliphatic rings. The highest BCUT2D eigenvalue weighted by molar-refractivity contribution is 6.33. The van der Waals surface area contributed by atoms with E-state index >= 15 is 0 Å². The Morgan fingerprint density at radius 1 is 1.05 bits per heavy atom. The number of anilines is 3. The summed E-state index contributed by atoms with van der Waals surface area (Å²) in [5.41, 5.74) is 6.33. The molecule has 0 aliphatic heterocycles. The second kappa shape index (κ2) is 13.2. The van der Waals surface area contributed by atoms with Crippen molar-refractivity contribution in [1.82, 2.24) is 25.2 Å². The van der Waals surface area contributed by atoms with Gasteiger partial charge in [-0.25, -0.2) is 9.97 Å². The van der Waals surface area contributed by atoms with E-state index in [4.69, 9.17) is 11.6 Å². The lowest BCUT2D eigenvalue weighted by atomic mass is 10.1. The summed E-state index contributed by atoms with van der Waals surface area (Å²) >= 11 is 6.47. The van der Waals surface area contributed by atoms with Gasteiger partial charge in [0.05, 0.1) is 16.9 Å². The predicted molar refractivity (Wildman–Crippen MR) is 172 cm³/mol. The Morgan fingerprint density at radius 2 is 1.83 bits per heavy atom. The van der Waals surface area contributed by atoms with Crippen LogP contribution in [0, 0.1) is 0 Å². The Labute approximate surface area is 250 Å². The highest BCUT2D eigenvalue weighted by atomic mass is 35.5. The maximum atomic E-state index is 12.9. The highest BCUT2D eigenvalue weighted by Crippen LogP contribution is 2.32. The van der Waals surface area contributed by atoms with Crippen LogP contribution < -0.4 is 16.0 Å². The van der Waals surface area contributed by atoms with Gasteiger partial charge in [0.1, 0.15) is 0 Å². The first-order chi connectivity index (χ1) is 20.4. The lowest BCUT2D eigenvalue weighted by Crippen LogP contribution is -2.14. The number of aromatic amines is 1. The summed E-state index contributed by atoms with van der Waals surface area (Å²) in [6, 6.07) is 22.8. The van der Waals surface area contributed by atoms with Gasteiger partial charge < -0.3 is 25.8 Å². The van der Waals surface area contributed by atoms with Crippen molar-refractivity contribution in [2.24, 2.45) is 0 Å². The first-order valence-corrected chi connectivity index (χ1v) is 13.8. The van der Waals surface area contributed by atoms with E-state index in [0.29, 0.717) is 34.5 Å². The van der Waals surface area contributed by atoms with Crippen LogP contribution in [0.5, 0.6) is 0 Å². The SMILES string of the molecule is C=C(/C=C/CN(C)C)NCc1ccc(C(=O)Nc2cccc(Nc3ncc(Cl)c(-c4c[nH]c5ccccc45)n3)c2)cc1. The molecule has 5 rings (SSSR count). The maximum Gasteiger partial charge on any atom is 0.255 e. The quantitative estimate of drug-likeness (QED) is 0.126. The number of nitrogens with one attached hydrogen (secondary N) is 4. The molecule has 0 bridgehead atoms. The number of carbonyl (C=O) groups is 1. The van der Waals surface area contributed by atoms with E-state index < -0.39 is 0 Å². The number of para-hydroxylation sites is 1. The van der Waals surface area contributed by atoms with Crippen molar-refractivity contribution in [2.45, 2.75) is 6.54 Å². The molecule has 8 nitrogen and oxygen atoms in total. The average Bonchev–Trinajstić information content (AvgIpc) is 3.41. The van der Waals surface area contributed by atoms with Crippen LogP contribution in [0.3, 0.4) is 0 Å². The zero-order valence-corrected chi connectivity index (χ0v) is 24.2. The number of benzene rings is 3. The molecule has 9 heteroatoms. The summed E-state index contributed by atoms with van der Waals surface area (Å²) in [4.78, 5) is 27.3. The normalized spacial score (nSPS) is 11.2.